The van der Waals surface area contributed by atoms with E-state index in [1.54, 1.807) is 0 Å². The highest BCUT2D eigenvalue weighted by Gasteiger charge is 2.52. The predicted molar refractivity (Wildman–Crippen MR) is 272 cm³/mol. The van der Waals surface area contributed by atoms with Gasteiger partial charge in [-0.3, -0.25) is 0 Å². The molecule has 2 heterocycles. The third-order valence-electron chi connectivity index (χ3n) is 14.1. The minimum Gasteiger partial charge on any atom is -0.457 e. The van der Waals surface area contributed by atoms with Crippen molar-refractivity contribution < 1.29 is 9.15 Å². The van der Waals surface area contributed by atoms with Crippen LogP contribution in [0.5, 0.6) is 11.5 Å². The van der Waals surface area contributed by atoms with Crippen molar-refractivity contribution in [3.63, 3.8) is 0 Å². The molecule has 14 rings (SSSR count). The molecule has 66 heavy (non-hydrogen) atoms. The average Bonchev–Trinajstić information content (AvgIpc) is 3.92. The lowest BCUT2D eigenvalue weighted by molar-refractivity contribution is 0.436. The molecular formula is C63H39NO2. The van der Waals surface area contributed by atoms with Crippen LogP contribution in [0, 0.1) is 0 Å². The Labute approximate surface area is 382 Å². The Morgan fingerprint density at radius 2 is 0.909 bits per heavy atom. The Bertz CT molecular complexity index is 3870. The van der Waals surface area contributed by atoms with Crippen LogP contribution in [0.4, 0.5) is 17.1 Å². The zero-order valence-corrected chi connectivity index (χ0v) is 35.8. The maximum Gasteiger partial charge on any atom is 0.159 e. The second-order valence-corrected chi connectivity index (χ2v) is 17.5. The van der Waals surface area contributed by atoms with Gasteiger partial charge in [-0.1, -0.05) is 188 Å². The zero-order valence-electron chi connectivity index (χ0n) is 35.8. The van der Waals surface area contributed by atoms with Crippen LogP contribution in [-0.2, 0) is 5.41 Å². The Hall–Kier alpha value is -8.66. The van der Waals surface area contributed by atoms with Gasteiger partial charge in [-0.15, -0.1) is 0 Å². The standard InChI is InChI=1S/C63H39NO2/c1-2-15-41(16-3-1)46-21-12-18-43-31-32-44(39-51(43)46)40-33-36-45(37-34-40)64(57-28-13-22-48-49-38-35-42-17-4-5-19-47(42)61(49)66-62(48)57)56-27-14-26-55-60(56)50-20-6-7-23-52(50)63(55)53-24-8-10-29-58(53)65-59-30-11-9-25-54(59)63/h1-39H. The normalized spacial score (nSPS) is 13.1. The summed E-state index contributed by atoms with van der Waals surface area (Å²) in [5.41, 5.74) is 16.1. The summed E-state index contributed by atoms with van der Waals surface area (Å²) in [5, 5.41) is 6.90. The van der Waals surface area contributed by atoms with Gasteiger partial charge in [0.05, 0.1) is 16.8 Å². The maximum absolute atomic E-state index is 7.14. The van der Waals surface area contributed by atoms with E-state index in [0.29, 0.717) is 0 Å². The first-order valence-electron chi connectivity index (χ1n) is 22.7. The monoisotopic (exact) mass is 841 g/mol. The van der Waals surface area contributed by atoms with Crippen LogP contribution in [0.2, 0.25) is 0 Å². The van der Waals surface area contributed by atoms with Crippen LogP contribution in [0.15, 0.2) is 241 Å². The lowest BCUT2D eigenvalue weighted by Crippen LogP contribution is -2.32. The van der Waals surface area contributed by atoms with E-state index < -0.39 is 5.41 Å². The second-order valence-electron chi connectivity index (χ2n) is 17.5. The molecule has 0 fully saturated rings. The minimum absolute atomic E-state index is 0.609. The van der Waals surface area contributed by atoms with Crippen LogP contribution < -0.4 is 9.64 Å². The van der Waals surface area contributed by atoms with Crippen LogP contribution >= 0.6 is 0 Å². The van der Waals surface area contributed by atoms with E-state index in [1.165, 1.54) is 49.7 Å². The number of furan rings is 1. The van der Waals surface area contributed by atoms with Crippen molar-refractivity contribution in [3.8, 4) is 44.9 Å². The number of benzene rings is 11. The Morgan fingerprint density at radius 1 is 0.333 bits per heavy atom. The van der Waals surface area contributed by atoms with E-state index >= 15 is 0 Å². The number of anilines is 3. The van der Waals surface area contributed by atoms with Gasteiger partial charge in [0.2, 0.25) is 0 Å². The van der Waals surface area contributed by atoms with Crippen LogP contribution in [0.3, 0.4) is 0 Å². The van der Waals surface area contributed by atoms with Crippen LogP contribution in [0.25, 0.3) is 76.9 Å². The third kappa shape index (κ3) is 5.20. The second kappa shape index (κ2) is 14.2. The number of rotatable bonds is 5. The van der Waals surface area contributed by atoms with Crippen molar-refractivity contribution in [3.05, 3.63) is 259 Å². The molecule has 0 N–H and O–H groups in total. The number of fused-ring (bicyclic) bond motifs is 15. The molecule has 0 radical (unpaired) electrons. The number of nitrogens with zero attached hydrogens (tertiary/aromatic N) is 1. The van der Waals surface area contributed by atoms with Crippen molar-refractivity contribution in [2.45, 2.75) is 5.41 Å². The highest BCUT2D eigenvalue weighted by atomic mass is 16.5. The first-order valence-corrected chi connectivity index (χ1v) is 22.7. The van der Waals surface area contributed by atoms with E-state index in [2.05, 4.69) is 241 Å². The van der Waals surface area contributed by atoms with Gasteiger partial charge in [-0.2, -0.15) is 0 Å². The highest BCUT2D eigenvalue weighted by molar-refractivity contribution is 6.18. The molecular weight excluding hydrogens is 803 g/mol. The van der Waals surface area contributed by atoms with E-state index in [0.717, 1.165) is 78.0 Å². The van der Waals surface area contributed by atoms with Gasteiger partial charge in [0.25, 0.3) is 0 Å². The van der Waals surface area contributed by atoms with Crippen molar-refractivity contribution in [2.24, 2.45) is 0 Å². The Balaban J connectivity index is 1.02. The molecule has 308 valence electrons. The quantitative estimate of drug-likeness (QED) is 0.173. The van der Waals surface area contributed by atoms with Gasteiger partial charge < -0.3 is 14.1 Å². The van der Waals surface area contributed by atoms with Crippen LogP contribution in [0.1, 0.15) is 22.3 Å². The Morgan fingerprint density at radius 3 is 1.74 bits per heavy atom. The SMILES string of the molecule is c1ccc(-c2cccc3ccc(-c4ccc(N(c5cccc6c5-c5ccccc5C65c6ccccc6Oc6ccccc65)c5cccc6c5oc5c7ccccc7ccc65)cc4)cc23)cc1. The molecule has 1 aliphatic carbocycles. The lowest BCUT2D eigenvalue weighted by atomic mass is 9.66. The summed E-state index contributed by atoms with van der Waals surface area (Å²) in [4.78, 5) is 2.43. The molecule has 0 amide bonds. The van der Waals surface area contributed by atoms with E-state index in [4.69, 9.17) is 9.15 Å². The fourth-order valence-electron chi connectivity index (χ4n) is 11.3. The smallest absolute Gasteiger partial charge is 0.159 e. The fraction of sp³-hybridized carbons (Fsp3) is 0.0159. The van der Waals surface area contributed by atoms with Gasteiger partial charge in [0.1, 0.15) is 17.1 Å². The zero-order chi connectivity index (χ0) is 43.3. The van der Waals surface area contributed by atoms with E-state index in [9.17, 15) is 0 Å². The highest BCUT2D eigenvalue weighted by Crippen LogP contribution is 2.64. The molecule has 1 aliphatic heterocycles. The molecule has 1 spiro atoms. The first kappa shape index (κ1) is 36.8. The van der Waals surface area contributed by atoms with Crippen molar-refractivity contribution in [2.75, 3.05) is 4.90 Å². The molecule has 1 aromatic heterocycles. The summed E-state index contributed by atoms with van der Waals surface area (Å²) in [6.07, 6.45) is 0. The summed E-state index contributed by atoms with van der Waals surface area (Å²) in [6, 6.07) is 85.6. The van der Waals surface area contributed by atoms with Crippen molar-refractivity contribution in [1.82, 2.24) is 0 Å². The molecule has 3 nitrogen and oxygen atoms in total. The fourth-order valence-corrected chi connectivity index (χ4v) is 11.3. The third-order valence-corrected chi connectivity index (χ3v) is 14.1. The largest absolute Gasteiger partial charge is 0.457 e. The molecule has 11 aromatic carbocycles. The summed E-state index contributed by atoms with van der Waals surface area (Å²) in [5.74, 6) is 1.75. The summed E-state index contributed by atoms with van der Waals surface area (Å²) in [6.45, 7) is 0. The van der Waals surface area contributed by atoms with E-state index in [-0.39, 0.29) is 0 Å². The van der Waals surface area contributed by atoms with Crippen molar-refractivity contribution in [1.29, 1.82) is 0 Å². The van der Waals surface area contributed by atoms with Gasteiger partial charge in [-0.05, 0) is 104 Å². The molecule has 12 aromatic rings. The molecule has 0 unspecified atom stereocenters. The van der Waals surface area contributed by atoms with Gasteiger partial charge in [0, 0.05) is 38.5 Å². The molecule has 0 atom stereocenters. The molecule has 0 saturated heterocycles. The lowest BCUT2D eigenvalue weighted by Gasteiger charge is -2.39. The molecule has 0 bridgehead atoms. The first-order chi connectivity index (χ1) is 32.7. The summed E-state index contributed by atoms with van der Waals surface area (Å²) >= 11 is 0. The van der Waals surface area contributed by atoms with Gasteiger partial charge in [-0.25, -0.2) is 0 Å². The number of ether oxygens (including phenoxy) is 1. The van der Waals surface area contributed by atoms with Gasteiger partial charge in [0.15, 0.2) is 5.58 Å². The van der Waals surface area contributed by atoms with E-state index in [1.807, 2.05) is 0 Å². The predicted octanol–water partition coefficient (Wildman–Crippen LogP) is 17.2. The number of hydrogen-bond acceptors (Lipinski definition) is 3. The summed E-state index contributed by atoms with van der Waals surface area (Å²) in [7, 11) is 0. The van der Waals surface area contributed by atoms with Crippen LogP contribution in [-0.4, -0.2) is 0 Å². The molecule has 2 aliphatic rings. The number of hydrogen-bond donors (Lipinski definition) is 0. The molecule has 3 heteroatoms. The van der Waals surface area contributed by atoms with Crippen molar-refractivity contribution >= 4 is 60.5 Å². The minimum atomic E-state index is -0.609. The Kier molecular flexibility index (Phi) is 7.90. The summed E-state index contributed by atoms with van der Waals surface area (Å²) < 4.78 is 13.8. The average molecular weight is 842 g/mol. The topological polar surface area (TPSA) is 25.6 Å². The van der Waals surface area contributed by atoms with Gasteiger partial charge >= 0.3 is 0 Å². The number of para-hydroxylation sites is 3. The maximum atomic E-state index is 7.14. The molecule has 0 saturated carbocycles.